The largest absolute Gasteiger partial charge is 0.0842 e. The van der Waals surface area contributed by atoms with Gasteiger partial charge in [-0.1, -0.05) is 48.1 Å². The third-order valence-electron chi connectivity index (χ3n) is 2.69. The third-order valence-corrected chi connectivity index (χ3v) is 2.69. The number of allylic oxidation sites excluding steroid dienone is 8. The Bertz CT molecular complexity index is 276. The van der Waals surface area contributed by atoms with Crippen LogP contribution in [-0.2, 0) is 0 Å². The first-order valence-corrected chi connectivity index (χ1v) is 5.13. The first-order chi connectivity index (χ1) is 6.45. The standard InChI is InChI=1S/C13H16/c1-3-7-12(8-4-1)11-13-9-5-2-6-10-13/h1-5,7,9,12H,6,8,10-11H2. The van der Waals surface area contributed by atoms with Gasteiger partial charge < -0.3 is 0 Å². The highest BCUT2D eigenvalue weighted by molar-refractivity contribution is 5.20. The average Bonchev–Trinajstić information content (AvgIpc) is 2.21. The predicted molar refractivity (Wildman–Crippen MR) is 57.5 cm³/mol. The molecule has 1 atom stereocenters. The second kappa shape index (κ2) is 4.27. The molecule has 0 heterocycles. The molecule has 2 aliphatic carbocycles. The molecule has 0 N–H and O–H groups in total. The molecule has 0 amide bonds. The summed E-state index contributed by atoms with van der Waals surface area (Å²) in [4.78, 5) is 0. The van der Waals surface area contributed by atoms with E-state index in [2.05, 4.69) is 42.5 Å². The van der Waals surface area contributed by atoms with Gasteiger partial charge in [0, 0.05) is 0 Å². The lowest BCUT2D eigenvalue weighted by atomic mass is 9.90. The zero-order valence-electron chi connectivity index (χ0n) is 7.95. The fourth-order valence-electron chi connectivity index (χ4n) is 1.94. The maximum Gasteiger partial charge on any atom is -0.0158 e. The van der Waals surface area contributed by atoms with E-state index in [1.54, 1.807) is 5.57 Å². The summed E-state index contributed by atoms with van der Waals surface area (Å²) in [6, 6.07) is 0. The smallest absolute Gasteiger partial charge is 0.0158 e. The van der Waals surface area contributed by atoms with Crippen molar-refractivity contribution in [3.8, 4) is 0 Å². The van der Waals surface area contributed by atoms with Crippen LogP contribution in [0.1, 0.15) is 25.7 Å². The van der Waals surface area contributed by atoms with Gasteiger partial charge in [-0.3, -0.25) is 0 Å². The first-order valence-electron chi connectivity index (χ1n) is 5.13. The van der Waals surface area contributed by atoms with Gasteiger partial charge in [-0.05, 0) is 31.6 Å². The Morgan fingerprint density at radius 1 is 1.15 bits per heavy atom. The van der Waals surface area contributed by atoms with Gasteiger partial charge in [0.1, 0.15) is 0 Å². The summed E-state index contributed by atoms with van der Waals surface area (Å²) in [5.74, 6) is 0.753. The van der Waals surface area contributed by atoms with Crippen LogP contribution in [0.15, 0.2) is 48.1 Å². The van der Waals surface area contributed by atoms with Crippen LogP contribution < -0.4 is 0 Å². The molecule has 2 aliphatic rings. The van der Waals surface area contributed by atoms with Crippen LogP contribution in [0, 0.1) is 5.92 Å². The molecule has 0 fully saturated rings. The lowest BCUT2D eigenvalue weighted by Crippen LogP contribution is -2.00. The van der Waals surface area contributed by atoms with E-state index in [9.17, 15) is 0 Å². The molecule has 1 unspecified atom stereocenters. The van der Waals surface area contributed by atoms with Crippen LogP contribution in [-0.4, -0.2) is 0 Å². The molecule has 0 aromatic heterocycles. The minimum atomic E-state index is 0.753. The lowest BCUT2D eigenvalue weighted by molar-refractivity contribution is 0.630. The Hall–Kier alpha value is -1.04. The minimum Gasteiger partial charge on any atom is -0.0842 e. The number of hydrogen-bond donors (Lipinski definition) is 0. The molecule has 0 aromatic rings. The van der Waals surface area contributed by atoms with E-state index in [0.29, 0.717) is 0 Å². The summed E-state index contributed by atoms with van der Waals surface area (Å²) < 4.78 is 0. The Labute approximate surface area is 80.3 Å². The second-order valence-corrected chi connectivity index (χ2v) is 3.80. The SMILES string of the molecule is C1=CCCC(CC2C=CC=CC2)=C1. The van der Waals surface area contributed by atoms with Crippen molar-refractivity contribution in [3.05, 3.63) is 48.1 Å². The Kier molecular flexibility index (Phi) is 2.81. The van der Waals surface area contributed by atoms with Crippen molar-refractivity contribution in [1.29, 1.82) is 0 Å². The van der Waals surface area contributed by atoms with E-state index in [1.165, 1.54) is 25.7 Å². The molecule has 0 radical (unpaired) electrons. The topological polar surface area (TPSA) is 0 Å². The number of hydrogen-bond acceptors (Lipinski definition) is 0. The highest BCUT2D eigenvalue weighted by Crippen LogP contribution is 2.24. The van der Waals surface area contributed by atoms with Crippen LogP contribution in [0.2, 0.25) is 0 Å². The molecule has 0 saturated heterocycles. The summed E-state index contributed by atoms with van der Waals surface area (Å²) >= 11 is 0. The minimum absolute atomic E-state index is 0.753. The van der Waals surface area contributed by atoms with Crippen molar-refractivity contribution in [3.63, 3.8) is 0 Å². The maximum absolute atomic E-state index is 2.33. The van der Waals surface area contributed by atoms with E-state index in [4.69, 9.17) is 0 Å². The van der Waals surface area contributed by atoms with Gasteiger partial charge in [0.05, 0.1) is 0 Å². The van der Waals surface area contributed by atoms with Gasteiger partial charge >= 0.3 is 0 Å². The van der Waals surface area contributed by atoms with Crippen LogP contribution >= 0.6 is 0 Å². The van der Waals surface area contributed by atoms with Crippen molar-refractivity contribution in [1.82, 2.24) is 0 Å². The molecule has 68 valence electrons. The average molecular weight is 172 g/mol. The van der Waals surface area contributed by atoms with E-state index < -0.39 is 0 Å². The van der Waals surface area contributed by atoms with Crippen molar-refractivity contribution in [2.24, 2.45) is 5.92 Å². The van der Waals surface area contributed by atoms with E-state index in [-0.39, 0.29) is 0 Å². The Morgan fingerprint density at radius 2 is 2.15 bits per heavy atom. The number of rotatable bonds is 2. The molecule has 2 rings (SSSR count). The zero-order chi connectivity index (χ0) is 8.93. The molecule has 0 heteroatoms. The Morgan fingerprint density at radius 3 is 2.85 bits per heavy atom. The van der Waals surface area contributed by atoms with Crippen LogP contribution in [0.3, 0.4) is 0 Å². The molecule has 0 spiro atoms. The molecular weight excluding hydrogens is 156 g/mol. The summed E-state index contributed by atoms with van der Waals surface area (Å²) in [7, 11) is 0. The molecule has 0 aliphatic heterocycles. The van der Waals surface area contributed by atoms with E-state index in [1.807, 2.05) is 0 Å². The quantitative estimate of drug-likeness (QED) is 0.594. The zero-order valence-corrected chi connectivity index (χ0v) is 7.95. The van der Waals surface area contributed by atoms with Gasteiger partial charge in [-0.2, -0.15) is 0 Å². The van der Waals surface area contributed by atoms with Crippen LogP contribution in [0.4, 0.5) is 0 Å². The van der Waals surface area contributed by atoms with Crippen molar-refractivity contribution >= 4 is 0 Å². The lowest BCUT2D eigenvalue weighted by Gasteiger charge is -2.16. The normalized spacial score (nSPS) is 26.2. The molecule has 0 aromatic carbocycles. The predicted octanol–water partition coefficient (Wildman–Crippen LogP) is 3.79. The van der Waals surface area contributed by atoms with Gasteiger partial charge in [-0.25, -0.2) is 0 Å². The molecule has 0 nitrogen and oxygen atoms in total. The van der Waals surface area contributed by atoms with Gasteiger partial charge in [0.15, 0.2) is 0 Å². The van der Waals surface area contributed by atoms with E-state index >= 15 is 0 Å². The van der Waals surface area contributed by atoms with Crippen molar-refractivity contribution in [2.75, 3.05) is 0 Å². The maximum atomic E-state index is 2.33. The molecule has 13 heavy (non-hydrogen) atoms. The summed E-state index contributed by atoms with van der Waals surface area (Å²) in [6.07, 6.45) is 20.6. The summed E-state index contributed by atoms with van der Waals surface area (Å²) in [5, 5.41) is 0. The molecular formula is C13H16. The van der Waals surface area contributed by atoms with Crippen LogP contribution in [0.5, 0.6) is 0 Å². The van der Waals surface area contributed by atoms with Gasteiger partial charge in [0.25, 0.3) is 0 Å². The second-order valence-electron chi connectivity index (χ2n) is 3.80. The van der Waals surface area contributed by atoms with Gasteiger partial charge in [0.2, 0.25) is 0 Å². The fraction of sp³-hybridized carbons (Fsp3) is 0.385. The van der Waals surface area contributed by atoms with Crippen molar-refractivity contribution < 1.29 is 0 Å². The highest BCUT2D eigenvalue weighted by Gasteiger charge is 2.08. The van der Waals surface area contributed by atoms with Crippen LogP contribution in [0.25, 0.3) is 0 Å². The first kappa shape index (κ1) is 8.55. The molecule has 0 saturated carbocycles. The van der Waals surface area contributed by atoms with Crippen molar-refractivity contribution in [2.45, 2.75) is 25.7 Å². The third kappa shape index (κ3) is 2.45. The van der Waals surface area contributed by atoms with E-state index in [0.717, 1.165) is 5.92 Å². The van der Waals surface area contributed by atoms with Gasteiger partial charge in [-0.15, -0.1) is 0 Å². The summed E-state index contributed by atoms with van der Waals surface area (Å²) in [6.45, 7) is 0. The highest BCUT2D eigenvalue weighted by atomic mass is 14.1. The summed E-state index contributed by atoms with van der Waals surface area (Å²) in [5.41, 5.74) is 1.62. The Balaban J connectivity index is 1.90. The monoisotopic (exact) mass is 172 g/mol. The molecule has 0 bridgehead atoms. The fourth-order valence-corrected chi connectivity index (χ4v) is 1.94.